The van der Waals surface area contributed by atoms with Crippen LogP contribution in [0.15, 0.2) is 42.6 Å². The molecule has 0 saturated carbocycles. The van der Waals surface area contributed by atoms with Crippen LogP contribution in [-0.2, 0) is 0 Å². The van der Waals surface area contributed by atoms with Crippen LogP contribution in [0.4, 0.5) is 4.79 Å². The molecule has 126 valence electrons. The molecule has 2 heterocycles. The summed E-state index contributed by atoms with van der Waals surface area (Å²) in [6.07, 6.45) is 3.68. The molecule has 0 radical (unpaired) electrons. The number of hydrogen-bond acceptors (Lipinski definition) is 2. The van der Waals surface area contributed by atoms with Gasteiger partial charge in [-0.05, 0) is 49.6 Å². The maximum absolute atomic E-state index is 12.7. The van der Waals surface area contributed by atoms with Crippen LogP contribution in [0.5, 0.6) is 0 Å². The number of hydrogen-bond donors (Lipinski definition) is 1. The minimum atomic E-state index is -0.155. The third kappa shape index (κ3) is 3.65. The number of pyridine rings is 1. The molecule has 1 unspecified atom stereocenters. The van der Waals surface area contributed by atoms with E-state index >= 15 is 0 Å². The van der Waals surface area contributed by atoms with E-state index in [2.05, 4.69) is 10.3 Å². The third-order valence-electron chi connectivity index (χ3n) is 4.33. The topological polar surface area (TPSA) is 45.2 Å². The molecule has 2 amide bonds. The van der Waals surface area contributed by atoms with Gasteiger partial charge in [0.15, 0.2) is 0 Å². The van der Waals surface area contributed by atoms with Crippen molar-refractivity contribution >= 4 is 29.2 Å². The molecule has 0 bridgehead atoms. The summed E-state index contributed by atoms with van der Waals surface area (Å²) >= 11 is 12.0. The molecule has 1 fully saturated rings. The van der Waals surface area contributed by atoms with Gasteiger partial charge < -0.3 is 10.2 Å². The Morgan fingerprint density at radius 2 is 2.12 bits per heavy atom. The van der Waals surface area contributed by atoms with Crippen LogP contribution in [0.2, 0.25) is 10.0 Å². The van der Waals surface area contributed by atoms with E-state index in [-0.39, 0.29) is 18.1 Å². The van der Waals surface area contributed by atoms with E-state index in [0.717, 1.165) is 30.6 Å². The summed E-state index contributed by atoms with van der Waals surface area (Å²) < 4.78 is 0. The predicted octanol–water partition coefficient (Wildman–Crippen LogP) is 5.00. The van der Waals surface area contributed by atoms with Gasteiger partial charge in [-0.2, -0.15) is 0 Å². The number of nitrogens with zero attached hydrogens (tertiary/aromatic N) is 2. The van der Waals surface area contributed by atoms with E-state index in [9.17, 15) is 4.79 Å². The number of carbonyl (C=O) groups excluding carboxylic acids is 1. The Balaban J connectivity index is 1.70. The van der Waals surface area contributed by atoms with E-state index in [1.54, 1.807) is 18.3 Å². The highest BCUT2D eigenvalue weighted by molar-refractivity contribution is 6.42. The van der Waals surface area contributed by atoms with Crippen LogP contribution in [0.25, 0.3) is 0 Å². The Kier molecular flexibility index (Phi) is 5.27. The quantitative estimate of drug-likeness (QED) is 0.833. The van der Waals surface area contributed by atoms with Crippen molar-refractivity contribution < 1.29 is 4.79 Å². The van der Waals surface area contributed by atoms with Gasteiger partial charge in [-0.1, -0.05) is 35.3 Å². The summed E-state index contributed by atoms with van der Waals surface area (Å²) in [7, 11) is 0. The summed E-state index contributed by atoms with van der Waals surface area (Å²) in [4.78, 5) is 18.9. The lowest BCUT2D eigenvalue weighted by Crippen LogP contribution is -2.40. The van der Waals surface area contributed by atoms with Crippen LogP contribution in [-0.4, -0.2) is 22.5 Å². The zero-order valence-electron chi connectivity index (χ0n) is 13.4. The molecule has 6 heteroatoms. The Labute approximate surface area is 151 Å². The number of nitrogens with one attached hydrogen (secondary N) is 1. The zero-order chi connectivity index (χ0) is 17.1. The highest BCUT2D eigenvalue weighted by Gasteiger charge is 2.31. The summed E-state index contributed by atoms with van der Waals surface area (Å²) in [5.41, 5.74) is 1.86. The summed E-state index contributed by atoms with van der Waals surface area (Å²) in [6.45, 7) is 2.67. The number of aromatic nitrogens is 1. The van der Waals surface area contributed by atoms with Crippen molar-refractivity contribution in [3.05, 3.63) is 63.9 Å². The standard InChI is InChI=1S/C18H19Cl2N3O/c1-12(13-7-8-14(19)15(20)11-13)22-18(24)23-10-4-6-17(23)16-5-2-3-9-21-16/h2-3,5,7-9,11-12,17H,4,6,10H2,1H3,(H,22,24)/t12-,17?/m1/s1. The molecule has 1 aromatic carbocycles. The number of rotatable bonds is 3. The fourth-order valence-electron chi connectivity index (χ4n) is 3.02. The van der Waals surface area contributed by atoms with E-state index in [1.807, 2.05) is 36.1 Å². The minimum Gasteiger partial charge on any atom is -0.331 e. The molecule has 1 aliphatic rings. The normalized spacial score (nSPS) is 18.5. The van der Waals surface area contributed by atoms with Gasteiger partial charge in [0.1, 0.15) is 0 Å². The second-order valence-electron chi connectivity index (χ2n) is 5.95. The molecule has 1 N–H and O–H groups in total. The van der Waals surface area contributed by atoms with Gasteiger partial charge >= 0.3 is 6.03 Å². The maximum atomic E-state index is 12.7. The lowest BCUT2D eigenvalue weighted by atomic mass is 10.1. The molecule has 0 aliphatic carbocycles. The van der Waals surface area contributed by atoms with Gasteiger partial charge in [0.25, 0.3) is 0 Å². The Bertz CT molecular complexity index is 723. The first-order valence-electron chi connectivity index (χ1n) is 7.99. The van der Waals surface area contributed by atoms with Crippen molar-refractivity contribution in [1.82, 2.24) is 15.2 Å². The first kappa shape index (κ1) is 17.1. The van der Waals surface area contributed by atoms with Gasteiger partial charge in [-0.3, -0.25) is 4.98 Å². The van der Waals surface area contributed by atoms with Gasteiger partial charge in [-0.25, -0.2) is 4.79 Å². The smallest absolute Gasteiger partial charge is 0.318 e. The molecule has 1 aliphatic heterocycles. The second kappa shape index (κ2) is 7.41. The fourth-order valence-corrected chi connectivity index (χ4v) is 3.33. The Hall–Kier alpha value is -1.78. The molecule has 3 rings (SSSR count). The molecule has 1 saturated heterocycles. The Morgan fingerprint density at radius 1 is 1.29 bits per heavy atom. The number of benzene rings is 1. The highest BCUT2D eigenvalue weighted by Crippen LogP contribution is 2.31. The van der Waals surface area contributed by atoms with Crippen LogP contribution in [0.1, 0.15) is 43.1 Å². The number of amides is 2. The SMILES string of the molecule is C[C@@H](NC(=O)N1CCCC1c1ccccn1)c1ccc(Cl)c(Cl)c1. The third-order valence-corrected chi connectivity index (χ3v) is 5.07. The van der Waals surface area contributed by atoms with Gasteiger partial charge in [0.05, 0.1) is 27.8 Å². The fraction of sp³-hybridized carbons (Fsp3) is 0.333. The van der Waals surface area contributed by atoms with Gasteiger partial charge in [0.2, 0.25) is 0 Å². The molecule has 4 nitrogen and oxygen atoms in total. The summed E-state index contributed by atoms with van der Waals surface area (Å²) in [5, 5.41) is 4.04. The lowest BCUT2D eigenvalue weighted by molar-refractivity contribution is 0.189. The average Bonchev–Trinajstić information content (AvgIpc) is 3.08. The highest BCUT2D eigenvalue weighted by atomic mass is 35.5. The Morgan fingerprint density at radius 3 is 2.83 bits per heavy atom. The van der Waals surface area contributed by atoms with Crippen molar-refractivity contribution in [2.45, 2.75) is 31.8 Å². The molecule has 1 aromatic heterocycles. The van der Waals surface area contributed by atoms with Crippen molar-refractivity contribution in [2.75, 3.05) is 6.54 Å². The van der Waals surface area contributed by atoms with Crippen molar-refractivity contribution in [1.29, 1.82) is 0 Å². The number of likely N-dealkylation sites (tertiary alicyclic amines) is 1. The first-order chi connectivity index (χ1) is 11.6. The molecule has 2 aromatic rings. The van der Waals surface area contributed by atoms with E-state index in [0.29, 0.717) is 10.0 Å². The second-order valence-corrected chi connectivity index (χ2v) is 6.77. The van der Waals surface area contributed by atoms with Crippen molar-refractivity contribution in [3.63, 3.8) is 0 Å². The number of carbonyl (C=O) groups is 1. The number of halogens is 2. The molecule has 2 atom stereocenters. The maximum Gasteiger partial charge on any atom is 0.318 e. The molecular weight excluding hydrogens is 345 g/mol. The summed E-state index contributed by atoms with van der Waals surface area (Å²) in [5.74, 6) is 0. The largest absolute Gasteiger partial charge is 0.331 e. The van der Waals surface area contributed by atoms with Crippen molar-refractivity contribution in [2.24, 2.45) is 0 Å². The van der Waals surface area contributed by atoms with E-state index in [1.165, 1.54) is 0 Å². The zero-order valence-corrected chi connectivity index (χ0v) is 14.9. The molecule has 0 spiro atoms. The van der Waals surface area contributed by atoms with Gasteiger partial charge in [0, 0.05) is 12.7 Å². The molecular formula is C18H19Cl2N3O. The van der Waals surface area contributed by atoms with Crippen LogP contribution in [0.3, 0.4) is 0 Å². The first-order valence-corrected chi connectivity index (χ1v) is 8.75. The molecule has 24 heavy (non-hydrogen) atoms. The number of urea groups is 1. The van der Waals surface area contributed by atoms with Crippen LogP contribution in [0, 0.1) is 0 Å². The van der Waals surface area contributed by atoms with Crippen LogP contribution < -0.4 is 5.32 Å². The monoisotopic (exact) mass is 363 g/mol. The summed E-state index contributed by atoms with van der Waals surface area (Å²) in [6, 6.07) is 11.0. The van der Waals surface area contributed by atoms with Crippen LogP contribution >= 0.6 is 23.2 Å². The van der Waals surface area contributed by atoms with E-state index in [4.69, 9.17) is 23.2 Å². The predicted molar refractivity (Wildman–Crippen MR) is 96.3 cm³/mol. The van der Waals surface area contributed by atoms with Gasteiger partial charge in [-0.15, -0.1) is 0 Å². The lowest BCUT2D eigenvalue weighted by Gasteiger charge is -2.26. The average molecular weight is 364 g/mol. The minimum absolute atomic E-state index is 0.0344. The van der Waals surface area contributed by atoms with Crippen molar-refractivity contribution in [3.8, 4) is 0 Å². The van der Waals surface area contributed by atoms with E-state index < -0.39 is 0 Å².